The van der Waals surface area contributed by atoms with Crippen molar-refractivity contribution in [3.63, 3.8) is 0 Å². The van der Waals surface area contributed by atoms with E-state index in [0.717, 1.165) is 24.8 Å². The first-order valence-corrected chi connectivity index (χ1v) is 16.0. The van der Waals surface area contributed by atoms with E-state index in [1.165, 1.54) is 10.5 Å². The van der Waals surface area contributed by atoms with Crippen molar-refractivity contribution < 1.29 is 28.9 Å². The number of hydrogen-bond donors (Lipinski definition) is 1. The van der Waals surface area contributed by atoms with Crippen LogP contribution in [0.5, 0.6) is 0 Å². The Morgan fingerprint density at radius 3 is 2.67 bits per heavy atom. The highest BCUT2D eigenvalue weighted by atomic mass is 16.7. The summed E-state index contributed by atoms with van der Waals surface area (Å²) in [6.45, 7) is 15.6. The average Bonchev–Trinajstić information content (AvgIpc) is 3.42. The zero-order valence-corrected chi connectivity index (χ0v) is 26.7. The molecule has 4 fully saturated rings. The van der Waals surface area contributed by atoms with E-state index < -0.39 is 35.6 Å². The van der Waals surface area contributed by atoms with E-state index in [1.807, 2.05) is 7.05 Å². The van der Waals surface area contributed by atoms with E-state index >= 15 is 0 Å². The molecule has 1 heterocycles. The maximum absolute atomic E-state index is 14.3. The van der Waals surface area contributed by atoms with E-state index in [0.29, 0.717) is 38.4 Å². The van der Waals surface area contributed by atoms with Gasteiger partial charge in [0, 0.05) is 42.9 Å². The smallest absolute Gasteiger partial charge is 0.409 e. The van der Waals surface area contributed by atoms with Gasteiger partial charge in [-0.1, -0.05) is 57.6 Å². The summed E-state index contributed by atoms with van der Waals surface area (Å²) in [5.74, 6) is 0.159. The summed E-state index contributed by atoms with van der Waals surface area (Å²) in [5.41, 5.74) is 0.209. The molecule has 234 valence electrons. The lowest BCUT2D eigenvalue weighted by Gasteiger charge is -2.59. The molecule has 0 bridgehead atoms. The summed E-state index contributed by atoms with van der Waals surface area (Å²) < 4.78 is 18.8. The highest BCUT2D eigenvalue weighted by Crippen LogP contribution is 2.69. The number of nitrogens with zero attached hydrogens (tertiary/aromatic N) is 2. The molecule has 1 saturated heterocycles. The molecule has 0 aromatic heterocycles. The van der Waals surface area contributed by atoms with Gasteiger partial charge in [0.2, 0.25) is 5.78 Å². The molecule has 1 amide bonds. The third-order valence-electron chi connectivity index (χ3n) is 11.6. The molecular weight excluding hydrogens is 532 g/mol. The van der Waals surface area contributed by atoms with E-state index in [-0.39, 0.29) is 35.6 Å². The Labute approximate surface area is 252 Å². The van der Waals surface area contributed by atoms with E-state index in [1.54, 1.807) is 7.05 Å². The van der Waals surface area contributed by atoms with Gasteiger partial charge in [-0.3, -0.25) is 4.79 Å². The molecule has 8 nitrogen and oxygen atoms in total. The number of carbonyl (C=O) groups is 2. The van der Waals surface area contributed by atoms with Crippen LogP contribution in [0.3, 0.4) is 0 Å². The minimum absolute atomic E-state index is 0.0489. The van der Waals surface area contributed by atoms with Gasteiger partial charge in [0.1, 0.15) is 0 Å². The van der Waals surface area contributed by atoms with Gasteiger partial charge in [-0.15, -0.1) is 0 Å². The highest BCUT2D eigenvalue weighted by Gasteiger charge is 2.75. The van der Waals surface area contributed by atoms with Crippen LogP contribution in [0.1, 0.15) is 73.1 Å². The fourth-order valence-corrected chi connectivity index (χ4v) is 9.08. The normalized spacial score (nSPS) is 40.3. The minimum Gasteiger partial charge on any atom is -0.441 e. The lowest BCUT2D eigenvalue weighted by atomic mass is 9.46. The SMILES string of the molecule is C=C1C=C[C@@]2(C)C(=C1)CC[C@@H]1[C@@H]2[C@@H](O)C[C@@]2(C)[C@H]1C[C@H]1OC(CCC)O[C@]12C(=O)COC(=O)N(C)CCN(C)C(C)C. The van der Waals surface area contributed by atoms with Gasteiger partial charge in [0.05, 0.1) is 12.2 Å². The first-order valence-electron chi connectivity index (χ1n) is 16.0. The van der Waals surface area contributed by atoms with Gasteiger partial charge < -0.3 is 29.1 Å². The lowest BCUT2D eigenvalue weighted by Crippen LogP contribution is -2.63. The molecule has 5 rings (SSSR count). The Balaban J connectivity index is 1.38. The number of amides is 1. The van der Waals surface area contributed by atoms with Crippen molar-refractivity contribution in [1.82, 2.24) is 9.80 Å². The van der Waals surface area contributed by atoms with Gasteiger partial charge in [-0.2, -0.15) is 0 Å². The molecule has 5 aliphatic rings. The van der Waals surface area contributed by atoms with Crippen LogP contribution in [0.2, 0.25) is 0 Å². The van der Waals surface area contributed by atoms with Crippen molar-refractivity contribution in [2.75, 3.05) is 33.8 Å². The van der Waals surface area contributed by atoms with Crippen LogP contribution in [-0.4, -0.2) is 90.7 Å². The number of fused-ring (bicyclic) bond motifs is 7. The third-order valence-corrected chi connectivity index (χ3v) is 11.6. The van der Waals surface area contributed by atoms with Crippen molar-refractivity contribution in [1.29, 1.82) is 0 Å². The predicted molar refractivity (Wildman–Crippen MR) is 162 cm³/mol. The summed E-state index contributed by atoms with van der Waals surface area (Å²) in [6.07, 6.45) is 9.07. The first-order chi connectivity index (χ1) is 19.8. The number of aliphatic hydroxyl groups is 1. The van der Waals surface area contributed by atoms with Gasteiger partial charge in [0.25, 0.3) is 0 Å². The number of hydrogen-bond acceptors (Lipinski definition) is 7. The molecule has 0 aromatic rings. The van der Waals surface area contributed by atoms with Crippen LogP contribution < -0.4 is 0 Å². The Morgan fingerprint density at radius 2 is 1.98 bits per heavy atom. The average molecular weight is 585 g/mol. The zero-order chi connectivity index (χ0) is 30.6. The van der Waals surface area contributed by atoms with Crippen LogP contribution in [0, 0.1) is 28.6 Å². The lowest BCUT2D eigenvalue weighted by molar-refractivity contribution is -0.200. The Morgan fingerprint density at radius 1 is 1.24 bits per heavy atom. The van der Waals surface area contributed by atoms with Crippen LogP contribution in [0.15, 0.2) is 36.0 Å². The number of ether oxygens (including phenoxy) is 3. The Kier molecular flexibility index (Phi) is 8.60. The topological polar surface area (TPSA) is 88.5 Å². The first kappa shape index (κ1) is 31.4. The monoisotopic (exact) mass is 584 g/mol. The minimum atomic E-state index is -1.26. The summed E-state index contributed by atoms with van der Waals surface area (Å²) in [6, 6.07) is 0.368. The second-order valence-corrected chi connectivity index (χ2v) is 14.3. The van der Waals surface area contributed by atoms with Crippen LogP contribution in [0.4, 0.5) is 4.79 Å². The predicted octanol–water partition coefficient (Wildman–Crippen LogP) is 5.12. The summed E-state index contributed by atoms with van der Waals surface area (Å²) in [4.78, 5) is 30.9. The molecule has 8 heteroatoms. The number of likely N-dealkylation sites (N-methyl/N-ethyl adjacent to an activating group) is 2. The van der Waals surface area contributed by atoms with E-state index in [2.05, 4.69) is 64.3 Å². The van der Waals surface area contributed by atoms with E-state index in [4.69, 9.17) is 14.2 Å². The number of aliphatic hydroxyl groups excluding tert-OH is 1. The second-order valence-electron chi connectivity index (χ2n) is 14.3. The third kappa shape index (κ3) is 4.90. The quantitative estimate of drug-likeness (QED) is 0.403. The maximum atomic E-state index is 14.3. The molecule has 3 saturated carbocycles. The van der Waals surface area contributed by atoms with Crippen molar-refractivity contribution in [2.45, 2.75) is 103 Å². The van der Waals surface area contributed by atoms with Crippen molar-refractivity contribution in [3.05, 3.63) is 36.0 Å². The second kappa shape index (κ2) is 11.5. The van der Waals surface area contributed by atoms with Crippen molar-refractivity contribution in [3.8, 4) is 0 Å². The molecule has 1 N–H and O–H groups in total. The number of Topliss-reactive ketones (excluding diaryl/α,β-unsaturated/α-hetero) is 1. The number of carbonyl (C=O) groups excluding carboxylic acids is 2. The standard InChI is InChI=1S/C34H52N2O6/c1-9-10-29-41-28-18-25-24-12-11-23-17-22(4)13-14-32(23,5)30(24)26(37)19-33(25,6)34(28,42-29)27(38)20-40-31(39)36(8)16-15-35(7)21(2)3/h13-14,17,21,24-26,28-30,37H,4,9-12,15-16,18-20H2,1-3,5-8H3/t24-,25-,26-,28+,29?,30+,32-,33-,34+/m0/s1. The number of ketones is 1. The van der Waals surface area contributed by atoms with Gasteiger partial charge >= 0.3 is 6.09 Å². The zero-order valence-electron chi connectivity index (χ0n) is 26.7. The molecule has 1 unspecified atom stereocenters. The van der Waals surface area contributed by atoms with Gasteiger partial charge in [-0.05, 0) is 70.4 Å². The summed E-state index contributed by atoms with van der Waals surface area (Å²) in [5, 5.41) is 11.9. The van der Waals surface area contributed by atoms with Crippen LogP contribution in [0.25, 0.3) is 0 Å². The largest absolute Gasteiger partial charge is 0.441 e. The van der Waals surface area contributed by atoms with Crippen LogP contribution in [-0.2, 0) is 19.0 Å². The van der Waals surface area contributed by atoms with Crippen molar-refractivity contribution in [2.24, 2.45) is 28.6 Å². The number of allylic oxidation sites excluding steroid dienone is 5. The van der Waals surface area contributed by atoms with E-state index in [9.17, 15) is 14.7 Å². The molecule has 0 radical (unpaired) electrons. The van der Waals surface area contributed by atoms with Gasteiger partial charge in [-0.25, -0.2) is 4.79 Å². The van der Waals surface area contributed by atoms with Crippen LogP contribution >= 0.6 is 0 Å². The maximum Gasteiger partial charge on any atom is 0.409 e. The fourth-order valence-electron chi connectivity index (χ4n) is 9.08. The fraction of sp³-hybridized carbons (Fsp3) is 0.765. The highest BCUT2D eigenvalue weighted by molar-refractivity contribution is 5.92. The molecule has 4 aliphatic carbocycles. The molecule has 1 aliphatic heterocycles. The molecule has 0 aromatic carbocycles. The number of rotatable bonds is 9. The Bertz CT molecular complexity index is 1150. The Hall–Kier alpha value is -2.00. The molecule has 42 heavy (non-hydrogen) atoms. The summed E-state index contributed by atoms with van der Waals surface area (Å²) in [7, 11) is 3.71. The summed E-state index contributed by atoms with van der Waals surface area (Å²) >= 11 is 0. The van der Waals surface area contributed by atoms with Gasteiger partial charge in [0.15, 0.2) is 18.5 Å². The van der Waals surface area contributed by atoms with Crippen molar-refractivity contribution >= 4 is 11.9 Å². The molecular formula is C34H52N2O6. The molecule has 0 spiro atoms. The molecule has 9 atom stereocenters.